The van der Waals surface area contributed by atoms with Crippen LogP contribution in [0.5, 0.6) is 0 Å². The number of nitrogens with two attached hydrogens (primary N) is 1. The van der Waals surface area contributed by atoms with Crippen molar-refractivity contribution in [2.24, 2.45) is 5.92 Å². The van der Waals surface area contributed by atoms with E-state index >= 15 is 0 Å². The number of nitrogens with one attached hydrogen (secondary N) is 1. The molecule has 4 heterocycles. The number of anilines is 2. The summed E-state index contributed by atoms with van der Waals surface area (Å²) in [4.78, 5) is 36.5. The molecule has 1 aliphatic rings. The lowest BCUT2D eigenvalue weighted by Gasteiger charge is -2.38. The van der Waals surface area contributed by atoms with Crippen molar-refractivity contribution in [2.75, 3.05) is 24.2 Å². The van der Waals surface area contributed by atoms with Gasteiger partial charge in [-0.1, -0.05) is 26.6 Å². The van der Waals surface area contributed by atoms with Gasteiger partial charge in [0.2, 0.25) is 0 Å². The number of hydrogen-bond acceptors (Lipinski definition) is 7. The lowest BCUT2D eigenvalue weighted by atomic mass is 9.90. The average molecular weight is 510 g/mol. The number of carbonyl (C=O) groups is 2. The maximum absolute atomic E-state index is 13.4. The molecule has 192 valence electrons. The van der Waals surface area contributed by atoms with Gasteiger partial charge in [-0.15, -0.1) is 0 Å². The Morgan fingerprint density at radius 2 is 1.94 bits per heavy atom. The van der Waals surface area contributed by atoms with Gasteiger partial charge in [0.1, 0.15) is 12.5 Å². The second-order valence-electron chi connectivity index (χ2n) is 10.7. The Balaban J connectivity index is 1.54. The van der Waals surface area contributed by atoms with Gasteiger partial charge in [0, 0.05) is 33.6 Å². The molecular formula is C25H35N7O3Si. The van der Waals surface area contributed by atoms with Crippen molar-refractivity contribution in [1.29, 1.82) is 0 Å². The monoisotopic (exact) mass is 509 g/mol. The lowest BCUT2D eigenvalue weighted by molar-refractivity contribution is -0.146. The van der Waals surface area contributed by atoms with E-state index < -0.39 is 19.9 Å². The quantitative estimate of drug-likeness (QED) is 0.282. The van der Waals surface area contributed by atoms with E-state index in [1.165, 1.54) is 6.20 Å². The lowest BCUT2D eigenvalue weighted by Crippen LogP contribution is -2.46. The van der Waals surface area contributed by atoms with Crippen LogP contribution in [0.15, 0.2) is 36.9 Å². The second kappa shape index (κ2) is 10.7. The molecule has 0 aromatic carbocycles. The number of nitrogen functional groups attached to an aromatic ring is 1. The first-order chi connectivity index (χ1) is 17.1. The first kappa shape index (κ1) is 25.8. The van der Waals surface area contributed by atoms with Crippen molar-refractivity contribution in [3.63, 3.8) is 0 Å². The molecule has 3 aromatic heterocycles. The van der Waals surface area contributed by atoms with Gasteiger partial charge in [-0.25, -0.2) is 9.67 Å². The molecule has 10 nitrogen and oxygen atoms in total. The predicted octanol–water partition coefficient (Wildman–Crippen LogP) is 3.66. The summed E-state index contributed by atoms with van der Waals surface area (Å²) in [5.41, 5.74) is 7.99. The maximum atomic E-state index is 13.4. The van der Waals surface area contributed by atoms with Crippen LogP contribution >= 0.6 is 0 Å². The maximum Gasteiger partial charge on any atom is 0.314 e. The van der Waals surface area contributed by atoms with Crippen molar-refractivity contribution in [3.05, 3.63) is 42.5 Å². The van der Waals surface area contributed by atoms with Crippen molar-refractivity contribution in [1.82, 2.24) is 24.6 Å². The molecule has 4 rings (SSSR count). The Morgan fingerprint density at radius 3 is 2.67 bits per heavy atom. The van der Waals surface area contributed by atoms with Crippen LogP contribution in [0.3, 0.4) is 0 Å². The second-order valence-corrected chi connectivity index (χ2v) is 16.3. The molecule has 1 aliphatic heterocycles. The molecule has 3 aromatic rings. The van der Waals surface area contributed by atoms with E-state index in [4.69, 9.17) is 10.5 Å². The molecule has 1 fully saturated rings. The van der Waals surface area contributed by atoms with Crippen LogP contribution in [0.1, 0.15) is 31.4 Å². The molecular weight excluding hydrogens is 474 g/mol. The van der Waals surface area contributed by atoms with Gasteiger partial charge < -0.3 is 20.7 Å². The van der Waals surface area contributed by atoms with Crippen LogP contribution in [0.2, 0.25) is 25.7 Å². The third-order valence-corrected chi connectivity index (χ3v) is 8.23. The molecule has 0 radical (unpaired) electrons. The SMILES string of the molecule is C[C@H]1CCC(c2ccncc2)N(C(=O)C(=O)Nc2cnc(N)c3cnn(COCC[Si](C)(C)C)c23)C1. The van der Waals surface area contributed by atoms with Gasteiger partial charge in [-0.05, 0) is 42.5 Å². The number of hydrogen-bond donors (Lipinski definition) is 2. The molecule has 0 bridgehead atoms. The summed E-state index contributed by atoms with van der Waals surface area (Å²) < 4.78 is 7.50. The van der Waals surface area contributed by atoms with E-state index in [-0.39, 0.29) is 12.8 Å². The topological polar surface area (TPSA) is 128 Å². The third-order valence-electron chi connectivity index (χ3n) is 6.52. The van der Waals surface area contributed by atoms with E-state index in [0.717, 1.165) is 24.4 Å². The molecule has 1 unspecified atom stereocenters. The fourth-order valence-corrected chi connectivity index (χ4v) is 5.21. The average Bonchev–Trinajstić information content (AvgIpc) is 3.28. The molecule has 0 spiro atoms. The minimum absolute atomic E-state index is 0.169. The zero-order valence-corrected chi connectivity index (χ0v) is 22.4. The highest BCUT2D eigenvalue weighted by atomic mass is 28.3. The van der Waals surface area contributed by atoms with Gasteiger partial charge in [-0.3, -0.25) is 14.6 Å². The summed E-state index contributed by atoms with van der Waals surface area (Å²) in [5, 5.41) is 7.74. The van der Waals surface area contributed by atoms with Crippen LogP contribution in [-0.2, 0) is 21.1 Å². The van der Waals surface area contributed by atoms with Crippen LogP contribution < -0.4 is 11.1 Å². The number of ether oxygens (including phenoxy) is 1. The minimum Gasteiger partial charge on any atom is -0.383 e. The highest BCUT2D eigenvalue weighted by molar-refractivity contribution is 6.76. The molecule has 1 saturated heterocycles. The Labute approximate surface area is 212 Å². The zero-order chi connectivity index (χ0) is 25.9. The van der Waals surface area contributed by atoms with Crippen LogP contribution in [0.4, 0.5) is 11.5 Å². The van der Waals surface area contributed by atoms with Gasteiger partial charge in [0.15, 0.2) is 0 Å². The van der Waals surface area contributed by atoms with Crippen molar-refractivity contribution in [3.8, 4) is 0 Å². The highest BCUT2D eigenvalue weighted by Gasteiger charge is 2.34. The number of aromatic nitrogens is 4. The molecule has 2 atom stereocenters. The first-order valence-electron chi connectivity index (χ1n) is 12.3. The number of amides is 2. The highest BCUT2D eigenvalue weighted by Crippen LogP contribution is 2.33. The van der Waals surface area contributed by atoms with Crippen molar-refractivity contribution < 1.29 is 14.3 Å². The Morgan fingerprint density at radius 1 is 1.19 bits per heavy atom. The van der Waals surface area contributed by atoms with Crippen molar-refractivity contribution in [2.45, 2.75) is 58.2 Å². The van der Waals surface area contributed by atoms with E-state index in [1.807, 2.05) is 12.1 Å². The van der Waals surface area contributed by atoms with Crippen LogP contribution in [-0.4, -0.2) is 57.7 Å². The normalized spacial score (nSPS) is 18.4. The summed E-state index contributed by atoms with van der Waals surface area (Å²) in [6.07, 6.45) is 8.25. The largest absolute Gasteiger partial charge is 0.383 e. The molecule has 3 N–H and O–H groups in total. The molecule has 2 amide bonds. The smallest absolute Gasteiger partial charge is 0.314 e. The summed E-state index contributed by atoms with van der Waals surface area (Å²) in [6.45, 7) is 10.3. The standard InChI is InChI=1S/C25H35N7O3Si/c1-17-5-6-21(18-7-9-27-10-8-18)31(15-17)25(34)24(33)30-20-14-28-23(26)19-13-29-32(22(19)20)16-35-11-12-36(2,3)4/h7-10,13-14,17,21H,5-6,11-12,15-16H2,1-4H3,(H2,26,28)(H,30,33)/t17-,21?/m0/s1. The van der Waals surface area contributed by atoms with Crippen molar-refractivity contribution >= 4 is 42.3 Å². The summed E-state index contributed by atoms with van der Waals surface area (Å²) in [5.74, 6) is -0.695. The molecule has 0 saturated carbocycles. The third kappa shape index (κ3) is 5.90. The van der Waals surface area contributed by atoms with E-state index in [1.54, 1.807) is 28.2 Å². The molecule has 11 heteroatoms. The fraction of sp³-hybridized carbons (Fsp3) is 0.480. The number of rotatable bonds is 7. The van der Waals surface area contributed by atoms with Crippen LogP contribution in [0, 0.1) is 5.92 Å². The summed E-state index contributed by atoms with van der Waals surface area (Å²) in [7, 11) is -1.23. The number of nitrogens with zero attached hydrogens (tertiary/aromatic N) is 5. The predicted molar refractivity (Wildman–Crippen MR) is 142 cm³/mol. The Bertz CT molecular complexity index is 1230. The Kier molecular flexibility index (Phi) is 7.69. The van der Waals surface area contributed by atoms with E-state index in [0.29, 0.717) is 41.5 Å². The Hall–Kier alpha value is -3.31. The van der Waals surface area contributed by atoms with Gasteiger partial charge >= 0.3 is 11.8 Å². The number of pyridine rings is 2. The van der Waals surface area contributed by atoms with E-state index in [9.17, 15) is 9.59 Å². The van der Waals surface area contributed by atoms with E-state index in [2.05, 4.69) is 46.9 Å². The fourth-order valence-electron chi connectivity index (χ4n) is 4.46. The first-order valence-corrected chi connectivity index (χ1v) is 16.0. The molecule has 0 aliphatic carbocycles. The van der Waals surface area contributed by atoms with Gasteiger partial charge in [0.05, 0.1) is 35.0 Å². The zero-order valence-electron chi connectivity index (χ0n) is 21.4. The summed E-state index contributed by atoms with van der Waals surface area (Å²) >= 11 is 0. The summed E-state index contributed by atoms with van der Waals surface area (Å²) in [6, 6.07) is 4.65. The van der Waals surface area contributed by atoms with Gasteiger partial charge in [-0.2, -0.15) is 5.10 Å². The molecule has 36 heavy (non-hydrogen) atoms. The minimum atomic E-state index is -1.23. The number of likely N-dealkylation sites (tertiary alicyclic amines) is 1. The number of piperidine rings is 1. The van der Waals surface area contributed by atoms with Gasteiger partial charge in [0.25, 0.3) is 0 Å². The number of carbonyl (C=O) groups excluding carboxylic acids is 2. The van der Waals surface area contributed by atoms with Crippen LogP contribution in [0.25, 0.3) is 10.9 Å². The number of fused-ring (bicyclic) bond motifs is 1.